The summed E-state index contributed by atoms with van der Waals surface area (Å²) in [6.07, 6.45) is 10.2. The molecule has 0 bridgehead atoms. The number of nitrogens with one attached hydrogen (secondary N) is 1. The van der Waals surface area contributed by atoms with Gasteiger partial charge >= 0.3 is 0 Å². The number of likely N-dealkylation sites (tertiary alicyclic amines) is 1. The molecule has 1 aromatic rings. The normalized spacial score (nSPS) is 24.0. The van der Waals surface area contributed by atoms with Crippen molar-refractivity contribution in [1.82, 2.24) is 14.9 Å². The molecule has 5 heteroatoms. The van der Waals surface area contributed by atoms with Gasteiger partial charge in [-0.1, -0.05) is 38.7 Å². The zero-order valence-corrected chi connectivity index (χ0v) is 13.9. The number of aliphatic hydroxyl groups excluding tert-OH is 1. The van der Waals surface area contributed by atoms with Crippen LogP contribution in [-0.4, -0.2) is 45.7 Å². The Labute approximate surface area is 137 Å². The van der Waals surface area contributed by atoms with Crippen LogP contribution >= 0.6 is 0 Å². The van der Waals surface area contributed by atoms with Crippen molar-refractivity contribution in [2.75, 3.05) is 19.6 Å². The molecule has 0 aromatic carbocycles. The van der Waals surface area contributed by atoms with Crippen LogP contribution in [0, 0.1) is 5.92 Å². The second-order valence-electron chi connectivity index (χ2n) is 6.86. The van der Waals surface area contributed by atoms with Gasteiger partial charge in [-0.25, -0.2) is 4.98 Å². The molecule has 2 heterocycles. The maximum atomic E-state index is 11.8. The number of hydrogen-bond acceptors (Lipinski definition) is 4. The van der Waals surface area contributed by atoms with Crippen LogP contribution in [0.5, 0.6) is 0 Å². The molecule has 2 N–H and O–H groups in total. The molecule has 1 aliphatic carbocycles. The fourth-order valence-electron chi connectivity index (χ4n) is 3.78. The first-order valence-corrected chi connectivity index (χ1v) is 8.85. The Morgan fingerprint density at radius 1 is 1.35 bits per heavy atom. The predicted octanol–water partition coefficient (Wildman–Crippen LogP) is 1.97. The van der Waals surface area contributed by atoms with Crippen LogP contribution in [0.15, 0.2) is 17.2 Å². The molecule has 1 aromatic heterocycles. The summed E-state index contributed by atoms with van der Waals surface area (Å²) in [7, 11) is 0. The van der Waals surface area contributed by atoms with Gasteiger partial charge in [-0.05, 0) is 24.3 Å². The molecule has 2 aliphatic rings. The molecule has 1 aliphatic heterocycles. The number of aliphatic hydroxyl groups is 1. The summed E-state index contributed by atoms with van der Waals surface area (Å²) in [5, 5.41) is 10.3. The zero-order valence-electron chi connectivity index (χ0n) is 13.9. The highest BCUT2D eigenvalue weighted by atomic mass is 16.3. The Hall–Kier alpha value is -1.46. The lowest BCUT2D eigenvalue weighted by molar-refractivity contribution is 0.137. The van der Waals surface area contributed by atoms with E-state index in [1.807, 2.05) is 0 Å². The molecule has 1 saturated heterocycles. The van der Waals surface area contributed by atoms with Crippen molar-refractivity contribution in [1.29, 1.82) is 0 Å². The van der Waals surface area contributed by atoms with E-state index >= 15 is 0 Å². The summed E-state index contributed by atoms with van der Waals surface area (Å²) in [4.78, 5) is 21.1. The van der Waals surface area contributed by atoms with Crippen LogP contribution in [0.4, 0.5) is 0 Å². The maximum Gasteiger partial charge on any atom is 0.254 e. The summed E-state index contributed by atoms with van der Waals surface area (Å²) in [5.74, 6) is 0.389. The fourth-order valence-corrected chi connectivity index (χ4v) is 3.78. The highest BCUT2D eigenvalue weighted by Crippen LogP contribution is 2.28. The first kappa shape index (κ1) is 16.4. The van der Waals surface area contributed by atoms with Crippen LogP contribution in [-0.2, 0) is 6.42 Å². The van der Waals surface area contributed by atoms with Crippen molar-refractivity contribution in [2.45, 2.75) is 51.6 Å². The number of fused-ring (bicyclic) bond motifs is 1. The number of β-amino-alcohol motifs (C(OH)–C–C–N with tert-alkyl or cyclic N) is 1. The smallest absolute Gasteiger partial charge is 0.254 e. The molecule has 5 nitrogen and oxygen atoms in total. The van der Waals surface area contributed by atoms with E-state index in [1.165, 1.54) is 32.0 Å². The van der Waals surface area contributed by atoms with E-state index in [2.05, 4.69) is 27.9 Å². The van der Waals surface area contributed by atoms with Crippen molar-refractivity contribution in [3.05, 3.63) is 34.0 Å². The first-order chi connectivity index (χ1) is 11.2. The van der Waals surface area contributed by atoms with Crippen LogP contribution < -0.4 is 5.56 Å². The highest BCUT2D eigenvalue weighted by molar-refractivity contribution is 5.70. The number of H-pyrrole nitrogens is 1. The van der Waals surface area contributed by atoms with Crippen molar-refractivity contribution in [3.8, 4) is 0 Å². The number of aromatic nitrogens is 2. The van der Waals surface area contributed by atoms with Gasteiger partial charge in [0.05, 0.1) is 18.1 Å². The molecule has 23 heavy (non-hydrogen) atoms. The molecular formula is C18H27N3O2. The van der Waals surface area contributed by atoms with Gasteiger partial charge < -0.3 is 10.1 Å². The summed E-state index contributed by atoms with van der Waals surface area (Å²) in [6.45, 7) is 4.68. The zero-order chi connectivity index (χ0) is 16.2. The molecule has 1 fully saturated rings. The standard InChI is InChI=1S/C18H27N3O2/c1-2-3-4-5-6-13-9-21(11-16(13)22)10-14-7-8-15-17(14)19-12-20-18(15)23/h7,12-13,16,22H,2-6,8-11H2,1H3,(H,19,20,23)/t13-,16-/m0/s1. The third kappa shape index (κ3) is 3.72. The van der Waals surface area contributed by atoms with E-state index < -0.39 is 0 Å². The number of unbranched alkanes of at least 4 members (excludes halogenated alkanes) is 3. The first-order valence-electron chi connectivity index (χ1n) is 8.85. The van der Waals surface area contributed by atoms with Crippen molar-refractivity contribution in [3.63, 3.8) is 0 Å². The molecule has 2 atom stereocenters. The number of aromatic amines is 1. The second kappa shape index (κ2) is 7.41. The number of rotatable bonds is 7. The van der Waals surface area contributed by atoms with E-state index in [-0.39, 0.29) is 11.7 Å². The van der Waals surface area contributed by atoms with E-state index in [9.17, 15) is 9.90 Å². The number of allylic oxidation sites excluding steroid dienone is 1. The average molecular weight is 317 g/mol. The molecular weight excluding hydrogens is 290 g/mol. The Morgan fingerprint density at radius 3 is 3.04 bits per heavy atom. The monoisotopic (exact) mass is 317 g/mol. The van der Waals surface area contributed by atoms with Gasteiger partial charge in [-0.2, -0.15) is 0 Å². The second-order valence-corrected chi connectivity index (χ2v) is 6.86. The van der Waals surface area contributed by atoms with Gasteiger partial charge in [0.1, 0.15) is 0 Å². The molecule has 0 unspecified atom stereocenters. The lowest BCUT2D eigenvalue weighted by Gasteiger charge is -2.16. The molecule has 3 rings (SSSR count). The lowest BCUT2D eigenvalue weighted by atomic mass is 9.98. The average Bonchev–Trinajstić information content (AvgIpc) is 3.09. The van der Waals surface area contributed by atoms with Gasteiger partial charge in [0, 0.05) is 25.2 Å². The molecule has 0 saturated carbocycles. The number of nitrogens with zero attached hydrogens (tertiary/aromatic N) is 2. The third-order valence-electron chi connectivity index (χ3n) is 5.11. The Balaban J connectivity index is 1.55. The highest BCUT2D eigenvalue weighted by Gasteiger charge is 2.32. The molecule has 126 valence electrons. The predicted molar refractivity (Wildman–Crippen MR) is 91.2 cm³/mol. The Bertz CT molecular complexity index is 623. The summed E-state index contributed by atoms with van der Waals surface area (Å²) in [6, 6.07) is 0. The van der Waals surface area contributed by atoms with Crippen molar-refractivity contribution in [2.24, 2.45) is 5.92 Å². The largest absolute Gasteiger partial charge is 0.391 e. The topological polar surface area (TPSA) is 69.2 Å². The van der Waals surface area contributed by atoms with Crippen LogP contribution in [0.1, 0.15) is 50.3 Å². The van der Waals surface area contributed by atoms with E-state index in [0.717, 1.165) is 42.9 Å². The Kier molecular flexibility index (Phi) is 5.28. The summed E-state index contributed by atoms with van der Waals surface area (Å²) >= 11 is 0. The molecule has 0 radical (unpaired) electrons. The van der Waals surface area contributed by atoms with E-state index in [0.29, 0.717) is 12.3 Å². The van der Waals surface area contributed by atoms with Crippen LogP contribution in [0.2, 0.25) is 0 Å². The van der Waals surface area contributed by atoms with Gasteiger partial charge in [-0.3, -0.25) is 9.69 Å². The minimum absolute atomic E-state index is 0.0310. The van der Waals surface area contributed by atoms with Gasteiger partial charge in [-0.15, -0.1) is 0 Å². The Morgan fingerprint density at radius 2 is 2.22 bits per heavy atom. The SMILES string of the molecule is CCCCCC[C@H]1CN(CC2=CCc3c2nc[nH]c3=O)C[C@@H]1O. The number of hydrogen-bond donors (Lipinski definition) is 2. The van der Waals surface area contributed by atoms with Gasteiger partial charge in [0.2, 0.25) is 0 Å². The third-order valence-corrected chi connectivity index (χ3v) is 5.11. The van der Waals surface area contributed by atoms with E-state index in [1.54, 1.807) is 0 Å². The van der Waals surface area contributed by atoms with E-state index in [4.69, 9.17) is 0 Å². The lowest BCUT2D eigenvalue weighted by Crippen LogP contribution is -2.24. The minimum Gasteiger partial charge on any atom is -0.391 e. The molecule has 0 amide bonds. The van der Waals surface area contributed by atoms with Gasteiger partial charge in [0.25, 0.3) is 5.56 Å². The van der Waals surface area contributed by atoms with Crippen LogP contribution in [0.3, 0.4) is 0 Å². The van der Waals surface area contributed by atoms with Crippen molar-refractivity contribution >= 4 is 5.57 Å². The van der Waals surface area contributed by atoms with Crippen molar-refractivity contribution < 1.29 is 5.11 Å². The fraction of sp³-hybridized carbons (Fsp3) is 0.667. The summed E-state index contributed by atoms with van der Waals surface area (Å²) < 4.78 is 0. The van der Waals surface area contributed by atoms with Gasteiger partial charge in [0.15, 0.2) is 0 Å². The summed E-state index contributed by atoms with van der Waals surface area (Å²) in [5.41, 5.74) is 2.72. The maximum absolute atomic E-state index is 11.8. The quantitative estimate of drug-likeness (QED) is 0.755. The minimum atomic E-state index is -0.217. The molecule has 0 spiro atoms. The van der Waals surface area contributed by atoms with Crippen LogP contribution in [0.25, 0.3) is 5.57 Å².